The van der Waals surface area contributed by atoms with E-state index in [4.69, 9.17) is 0 Å². The molecule has 1 fully saturated rings. The molecule has 2 heterocycles. The summed E-state index contributed by atoms with van der Waals surface area (Å²) in [7, 11) is 0. The predicted molar refractivity (Wildman–Crippen MR) is 77.7 cm³/mol. The molecule has 0 saturated carbocycles. The van der Waals surface area contributed by atoms with Crippen LogP contribution in [0.2, 0.25) is 0 Å². The van der Waals surface area contributed by atoms with Gasteiger partial charge >= 0.3 is 0 Å². The van der Waals surface area contributed by atoms with E-state index in [1.165, 1.54) is 0 Å². The van der Waals surface area contributed by atoms with E-state index in [0.717, 1.165) is 24.0 Å². The first kappa shape index (κ1) is 13.4. The molecule has 0 bridgehead atoms. The van der Waals surface area contributed by atoms with Crippen LogP contribution >= 0.6 is 0 Å². The maximum Gasteiger partial charge on any atom is 0.204 e. The summed E-state index contributed by atoms with van der Waals surface area (Å²) < 4.78 is 1.96. The molecule has 0 radical (unpaired) electrons. The van der Waals surface area contributed by atoms with Crippen molar-refractivity contribution in [3.8, 4) is 0 Å². The van der Waals surface area contributed by atoms with Gasteiger partial charge in [-0.3, -0.25) is 0 Å². The van der Waals surface area contributed by atoms with Crippen molar-refractivity contribution in [1.82, 2.24) is 14.9 Å². The number of anilines is 1. The molecular weight excluding hydrogens is 256 g/mol. The van der Waals surface area contributed by atoms with Crippen LogP contribution in [0, 0.1) is 0 Å². The summed E-state index contributed by atoms with van der Waals surface area (Å²) in [5.74, 6) is 0.714. The summed E-state index contributed by atoms with van der Waals surface area (Å²) in [5, 5.41) is 25.7. The van der Waals surface area contributed by atoms with E-state index < -0.39 is 6.10 Å². The third-order valence-corrected chi connectivity index (χ3v) is 3.74. The van der Waals surface area contributed by atoms with Crippen LogP contribution in [0.25, 0.3) is 11.0 Å². The number of piperidine rings is 1. The molecular formula is C14H20N4O2. The standard InChI is InChI=1S/C14H20N4O2/c19-8-7-18-12-4-2-1-3-10(12)16-14(18)17-11-5-6-15-9-13(11)20/h1-4,11,13,15,19-20H,5-9H2,(H,16,17)/t11-,13-/m1/s1. The third kappa shape index (κ3) is 2.49. The Morgan fingerprint density at radius 1 is 1.40 bits per heavy atom. The molecule has 1 aromatic carbocycles. The average molecular weight is 276 g/mol. The number of hydrogen-bond acceptors (Lipinski definition) is 5. The van der Waals surface area contributed by atoms with Crippen molar-refractivity contribution in [3.63, 3.8) is 0 Å². The van der Waals surface area contributed by atoms with Crippen molar-refractivity contribution < 1.29 is 10.2 Å². The van der Waals surface area contributed by atoms with Crippen LogP contribution in [0.5, 0.6) is 0 Å². The zero-order valence-corrected chi connectivity index (χ0v) is 11.3. The molecule has 1 aromatic heterocycles. The lowest BCUT2D eigenvalue weighted by atomic mass is 10.0. The minimum absolute atomic E-state index is 0.00879. The van der Waals surface area contributed by atoms with Crippen molar-refractivity contribution in [2.24, 2.45) is 0 Å². The van der Waals surface area contributed by atoms with Gasteiger partial charge in [-0.05, 0) is 25.1 Å². The smallest absolute Gasteiger partial charge is 0.204 e. The van der Waals surface area contributed by atoms with Gasteiger partial charge in [0.1, 0.15) is 0 Å². The maximum atomic E-state index is 10.0. The highest BCUT2D eigenvalue weighted by atomic mass is 16.3. The highest BCUT2D eigenvalue weighted by Gasteiger charge is 2.24. The van der Waals surface area contributed by atoms with E-state index in [1.807, 2.05) is 28.8 Å². The summed E-state index contributed by atoms with van der Waals surface area (Å²) in [4.78, 5) is 4.57. The van der Waals surface area contributed by atoms with Crippen LogP contribution in [0.4, 0.5) is 5.95 Å². The Morgan fingerprint density at radius 2 is 2.25 bits per heavy atom. The van der Waals surface area contributed by atoms with Crippen LogP contribution in [-0.2, 0) is 6.54 Å². The van der Waals surface area contributed by atoms with Gasteiger partial charge in [-0.25, -0.2) is 4.98 Å². The summed E-state index contributed by atoms with van der Waals surface area (Å²) in [6.45, 7) is 2.03. The van der Waals surface area contributed by atoms with Gasteiger partial charge in [0.15, 0.2) is 0 Å². The third-order valence-electron chi connectivity index (χ3n) is 3.74. The topological polar surface area (TPSA) is 82.3 Å². The average Bonchev–Trinajstić information content (AvgIpc) is 2.80. The first-order valence-electron chi connectivity index (χ1n) is 7.01. The van der Waals surface area contributed by atoms with Gasteiger partial charge in [0.25, 0.3) is 0 Å². The molecule has 0 spiro atoms. The molecule has 0 unspecified atom stereocenters. The van der Waals surface area contributed by atoms with E-state index in [2.05, 4.69) is 15.6 Å². The normalized spacial score (nSPS) is 23.1. The SMILES string of the molecule is OCCn1c(N[C@@H]2CCNC[C@H]2O)nc2ccccc21. The molecule has 1 aliphatic rings. The van der Waals surface area contributed by atoms with Crippen LogP contribution in [0.15, 0.2) is 24.3 Å². The number of nitrogens with zero attached hydrogens (tertiary/aromatic N) is 2. The van der Waals surface area contributed by atoms with Gasteiger partial charge in [0.2, 0.25) is 5.95 Å². The van der Waals surface area contributed by atoms with Gasteiger partial charge in [0.05, 0.1) is 29.8 Å². The number of aliphatic hydroxyl groups excluding tert-OH is 2. The molecule has 20 heavy (non-hydrogen) atoms. The predicted octanol–water partition coefficient (Wildman–Crippen LogP) is 0.163. The Hall–Kier alpha value is -1.63. The van der Waals surface area contributed by atoms with Crippen LogP contribution in [0.3, 0.4) is 0 Å². The second-order valence-electron chi connectivity index (χ2n) is 5.11. The number of β-amino-alcohol motifs (C(OH)–C–C–N with tert-alkyl or cyclic N) is 1. The zero-order chi connectivity index (χ0) is 13.9. The van der Waals surface area contributed by atoms with Crippen LogP contribution < -0.4 is 10.6 Å². The van der Waals surface area contributed by atoms with Gasteiger partial charge in [-0.15, -0.1) is 0 Å². The van der Waals surface area contributed by atoms with E-state index in [1.54, 1.807) is 0 Å². The Labute approximate surface area is 117 Å². The number of para-hydroxylation sites is 2. The van der Waals surface area contributed by atoms with E-state index in [9.17, 15) is 10.2 Å². The van der Waals surface area contributed by atoms with Gasteiger partial charge in [-0.1, -0.05) is 12.1 Å². The monoisotopic (exact) mass is 276 g/mol. The summed E-state index contributed by atoms with van der Waals surface area (Å²) in [6, 6.07) is 7.84. The number of benzene rings is 1. The lowest BCUT2D eigenvalue weighted by molar-refractivity contribution is 0.128. The van der Waals surface area contributed by atoms with Gasteiger partial charge < -0.3 is 25.4 Å². The number of rotatable bonds is 4. The van der Waals surface area contributed by atoms with Crippen molar-refractivity contribution in [3.05, 3.63) is 24.3 Å². The Balaban J connectivity index is 1.91. The molecule has 1 aliphatic heterocycles. The lowest BCUT2D eigenvalue weighted by Crippen LogP contribution is -2.48. The lowest BCUT2D eigenvalue weighted by Gasteiger charge is -2.29. The van der Waals surface area contributed by atoms with Crippen LogP contribution in [-0.4, -0.2) is 51.6 Å². The summed E-state index contributed by atoms with van der Waals surface area (Å²) in [5.41, 5.74) is 1.89. The number of aliphatic hydroxyl groups is 2. The Morgan fingerprint density at radius 3 is 3.05 bits per heavy atom. The number of aromatic nitrogens is 2. The fourth-order valence-corrected chi connectivity index (χ4v) is 2.69. The van der Waals surface area contributed by atoms with Crippen LogP contribution in [0.1, 0.15) is 6.42 Å². The first-order chi connectivity index (χ1) is 9.79. The second kappa shape index (κ2) is 5.78. The highest BCUT2D eigenvalue weighted by molar-refractivity contribution is 5.78. The molecule has 2 aromatic rings. The van der Waals surface area contributed by atoms with Crippen molar-refractivity contribution in [1.29, 1.82) is 0 Å². The maximum absolute atomic E-state index is 10.0. The second-order valence-corrected chi connectivity index (χ2v) is 5.11. The zero-order valence-electron chi connectivity index (χ0n) is 11.3. The molecule has 4 N–H and O–H groups in total. The molecule has 6 heteroatoms. The number of nitrogens with one attached hydrogen (secondary N) is 2. The number of fused-ring (bicyclic) bond motifs is 1. The number of imidazole rings is 1. The number of hydrogen-bond donors (Lipinski definition) is 4. The van der Waals surface area contributed by atoms with Crippen molar-refractivity contribution in [2.45, 2.75) is 25.1 Å². The molecule has 108 valence electrons. The quantitative estimate of drug-likeness (QED) is 0.640. The molecule has 2 atom stereocenters. The minimum Gasteiger partial charge on any atom is -0.395 e. The van der Waals surface area contributed by atoms with E-state index >= 15 is 0 Å². The minimum atomic E-state index is -0.425. The summed E-state index contributed by atoms with van der Waals surface area (Å²) in [6.07, 6.45) is 0.426. The highest BCUT2D eigenvalue weighted by Crippen LogP contribution is 2.21. The van der Waals surface area contributed by atoms with E-state index in [-0.39, 0.29) is 12.6 Å². The molecule has 1 saturated heterocycles. The largest absolute Gasteiger partial charge is 0.395 e. The van der Waals surface area contributed by atoms with Gasteiger partial charge in [-0.2, -0.15) is 0 Å². The van der Waals surface area contributed by atoms with Crippen molar-refractivity contribution >= 4 is 17.0 Å². The first-order valence-corrected chi connectivity index (χ1v) is 7.01. The fraction of sp³-hybridized carbons (Fsp3) is 0.500. The molecule has 0 amide bonds. The fourth-order valence-electron chi connectivity index (χ4n) is 2.69. The van der Waals surface area contributed by atoms with E-state index in [0.29, 0.717) is 19.0 Å². The molecule has 6 nitrogen and oxygen atoms in total. The summed E-state index contributed by atoms with van der Waals surface area (Å²) >= 11 is 0. The molecule has 0 aliphatic carbocycles. The molecule has 3 rings (SSSR count). The Bertz CT molecular complexity index is 584. The Kier molecular flexibility index (Phi) is 3.86. The van der Waals surface area contributed by atoms with Gasteiger partial charge in [0, 0.05) is 13.1 Å². The van der Waals surface area contributed by atoms with Crippen molar-refractivity contribution in [2.75, 3.05) is 25.0 Å².